The summed E-state index contributed by atoms with van der Waals surface area (Å²) in [7, 11) is -3.50. The van der Waals surface area contributed by atoms with E-state index in [9.17, 15) is 8.42 Å². The normalized spacial score (nSPS) is 27.4. The van der Waals surface area contributed by atoms with Crippen LogP contribution in [0.2, 0.25) is 0 Å². The van der Waals surface area contributed by atoms with Gasteiger partial charge < -0.3 is 5.73 Å². The summed E-state index contributed by atoms with van der Waals surface area (Å²) >= 11 is 0.911. The van der Waals surface area contributed by atoms with E-state index >= 15 is 0 Å². The van der Waals surface area contributed by atoms with Gasteiger partial charge in [0.05, 0.1) is 0 Å². The van der Waals surface area contributed by atoms with E-state index in [1.807, 2.05) is 13.8 Å². The highest BCUT2D eigenvalue weighted by Gasteiger charge is 2.37. The van der Waals surface area contributed by atoms with Crippen LogP contribution < -0.4 is 5.73 Å². The Hall–Kier alpha value is -0.730. The summed E-state index contributed by atoms with van der Waals surface area (Å²) in [6.07, 6.45) is 0.882. The molecule has 2 atom stereocenters. The van der Waals surface area contributed by atoms with Crippen LogP contribution in [0.15, 0.2) is 4.34 Å². The second kappa shape index (κ2) is 3.94. The molecule has 2 heterocycles. The minimum atomic E-state index is -3.50. The van der Waals surface area contributed by atoms with Crippen molar-refractivity contribution in [1.29, 1.82) is 0 Å². The molecule has 6 nitrogen and oxygen atoms in total. The van der Waals surface area contributed by atoms with Gasteiger partial charge in [-0.2, -0.15) is 4.31 Å². The second-order valence-electron chi connectivity index (χ2n) is 4.17. The van der Waals surface area contributed by atoms with Crippen molar-refractivity contribution in [3.8, 4) is 0 Å². The molecular weight excluding hydrogens is 248 g/mol. The molecule has 0 radical (unpaired) electrons. The molecule has 1 aromatic heterocycles. The van der Waals surface area contributed by atoms with E-state index in [1.54, 1.807) is 0 Å². The highest BCUT2D eigenvalue weighted by atomic mass is 32.2. The minimum Gasteiger partial charge on any atom is -0.374 e. The van der Waals surface area contributed by atoms with Gasteiger partial charge in [0.15, 0.2) is 0 Å². The van der Waals surface area contributed by atoms with Gasteiger partial charge >= 0.3 is 0 Å². The molecule has 0 spiro atoms. The summed E-state index contributed by atoms with van der Waals surface area (Å²) in [5.74, 6) is 0.384. The maximum atomic E-state index is 12.2. The van der Waals surface area contributed by atoms with Crippen LogP contribution in [-0.4, -0.2) is 35.5 Å². The fraction of sp³-hybridized carbons (Fsp3) is 0.750. The van der Waals surface area contributed by atoms with Gasteiger partial charge in [0.1, 0.15) is 0 Å². The van der Waals surface area contributed by atoms with Gasteiger partial charge in [0.2, 0.25) is 9.47 Å². The lowest BCUT2D eigenvalue weighted by molar-refractivity contribution is 0.405. The smallest absolute Gasteiger partial charge is 0.272 e. The number of nitrogens with zero attached hydrogens (tertiary/aromatic N) is 3. The highest BCUT2D eigenvalue weighted by molar-refractivity contribution is 7.91. The lowest BCUT2D eigenvalue weighted by Crippen LogP contribution is -2.33. The molecule has 16 heavy (non-hydrogen) atoms. The van der Waals surface area contributed by atoms with Crippen LogP contribution in [0, 0.1) is 5.92 Å². The summed E-state index contributed by atoms with van der Waals surface area (Å²) in [6, 6.07) is 0.0186. The Morgan fingerprint density at radius 3 is 2.56 bits per heavy atom. The molecule has 0 aliphatic carbocycles. The number of hydrogen-bond acceptors (Lipinski definition) is 6. The third kappa shape index (κ3) is 1.92. The molecule has 1 aliphatic heterocycles. The molecule has 8 heteroatoms. The molecule has 2 N–H and O–H groups in total. The van der Waals surface area contributed by atoms with Crippen LogP contribution in [0.4, 0.5) is 5.13 Å². The lowest BCUT2D eigenvalue weighted by Gasteiger charge is -2.18. The van der Waals surface area contributed by atoms with Gasteiger partial charge in [-0.05, 0) is 19.3 Å². The topological polar surface area (TPSA) is 89.2 Å². The summed E-state index contributed by atoms with van der Waals surface area (Å²) in [5, 5.41) is 7.32. The average molecular weight is 262 g/mol. The largest absolute Gasteiger partial charge is 0.374 e. The Morgan fingerprint density at radius 2 is 2.12 bits per heavy atom. The third-order valence-electron chi connectivity index (χ3n) is 2.68. The molecule has 1 saturated heterocycles. The fourth-order valence-electron chi connectivity index (χ4n) is 2.02. The number of nitrogens with two attached hydrogens (primary N) is 1. The maximum absolute atomic E-state index is 12.2. The summed E-state index contributed by atoms with van der Waals surface area (Å²) < 4.78 is 25.8. The first-order chi connectivity index (χ1) is 7.41. The van der Waals surface area contributed by atoms with Gasteiger partial charge in [-0.3, -0.25) is 0 Å². The van der Waals surface area contributed by atoms with Crippen LogP contribution in [0.1, 0.15) is 20.3 Å². The molecule has 2 unspecified atom stereocenters. The van der Waals surface area contributed by atoms with Crippen molar-refractivity contribution in [2.45, 2.75) is 30.6 Å². The minimum absolute atomic E-state index is 0.00838. The Labute approximate surface area is 98.5 Å². The standard InChI is InChI=1S/C8H14N4O2S2/c1-5-3-6(2)12(4-5)16(13,14)8-11-10-7(9)15-8/h5-6H,3-4H2,1-2H3,(H2,9,10). The number of nitrogen functional groups attached to an aromatic ring is 1. The first-order valence-corrected chi connectivity index (χ1v) is 7.27. The van der Waals surface area contributed by atoms with E-state index in [2.05, 4.69) is 10.2 Å². The van der Waals surface area contributed by atoms with Crippen LogP contribution in [0.3, 0.4) is 0 Å². The Bertz CT molecular complexity index is 484. The van der Waals surface area contributed by atoms with Crippen LogP contribution in [-0.2, 0) is 10.0 Å². The summed E-state index contributed by atoms with van der Waals surface area (Å²) in [4.78, 5) is 0. The van der Waals surface area contributed by atoms with Crippen LogP contribution in [0.5, 0.6) is 0 Å². The van der Waals surface area contributed by atoms with Crippen molar-refractivity contribution in [3.05, 3.63) is 0 Å². The average Bonchev–Trinajstić information content (AvgIpc) is 2.73. The summed E-state index contributed by atoms with van der Waals surface area (Å²) in [6.45, 7) is 4.49. The van der Waals surface area contributed by atoms with Gasteiger partial charge in [-0.1, -0.05) is 18.3 Å². The van der Waals surface area contributed by atoms with Crippen LogP contribution >= 0.6 is 11.3 Å². The molecule has 0 saturated carbocycles. The second-order valence-corrected chi connectivity index (χ2v) is 7.24. The SMILES string of the molecule is CC1CC(C)N(S(=O)(=O)c2nnc(N)s2)C1. The number of anilines is 1. The molecule has 0 aromatic carbocycles. The molecule has 1 fully saturated rings. The molecule has 0 amide bonds. The number of sulfonamides is 1. The van der Waals surface area contributed by atoms with Crippen molar-refractivity contribution >= 4 is 26.5 Å². The van der Waals surface area contributed by atoms with Gasteiger partial charge in [0, 0.05) is 12.6 Å². The van der Waals surface area contributed by atoms with E-state index in [-0.39, 0.29) is 15.5 Å². The van der Waals surface area contributed by atoms with Crippen molar-refractivity contribution < 1.29 is 8.42 Å². The van der Waals surface area contributed by atoms with Crippen molar-refractivity contribution in [2.24, 2.45) is 5.92 Å². The molecule has 2 rings (SSSR count). The first kappa shape index (κ1) is 11.7. The van der Waals surface area contributed by atoms with E-state index in [0.717, 1.165) is 17.8 Å². The summed E-state index contributed by atoms with van der Waals surface area (Å²) in [5.41, 5.74) is 5.40. The Balaban J connectivity index is 2.33. The predicted molar refractivity (Wildman–Crippen MR) is 61.5 cm³/mol. The van der Waals surface area contributed by atoms with E-state index in [1.165, 1.54) is 4.31 Å². The highest BCUT2D eigenvalue weighted by Crippen LogP contribution is 2.30. The number of aromatic nitrogens is 2. The quantitative estimate of drug-likeness (QED) is 0.840. The van der Waals surface area contributed by atoms with Gasteiger partial charge in [-0.15, -0.1) is 10.2 Å². The fourth-order valence-corrected chi connectivity index (χ4v) is 4.68. The monoisotopic (exact) mass is 262 g/mol. The van der Waals surface area contributed by atoms with E-state index in [4.69, 9.17) is 5.73 Å². The lowest BCUT2D eigenvalue weighted by atomic mass is 10.1. The van der Waals surface area contributed by atoms with Crippen LogP contribution in [0.25, 0.3) is 0 Å². The molecular formula is C8H14N4O2S2. The Morgan fingerprint density at radius 1 is 1.44 bits per heavy atom. The van der Waals surface area contributed by atoms with E-state index in [0.29, 0.717) is 12.5 Å². The zero-order valence-corrected chi connectivity index (χ0v) is 10.8. The maximum Gasteiger partial charge on any atom is 0.272 e. The molecule has 0 bridgehead atoms. The van der Waals surface area contributed by atoms with Gasteiger partial charge in [0.25, 0.3) is 10.0 Å². The molecule has 1 aromatic rings. The van der Waals surface area contributed by atoms with E-state index < -0.39 is 10.0 Å². The first-order valence-electron chi connectivity index (χ1n) is 5.02. The van der Waals surface area contributed by atoms with Gasteiger partial charge in [-0.25, -0.2) is 8.42 Å². The number of rotatable bonds is 2. The van der Waals surface area contributed by atoms with Crippen molar-refractivity contribution in [2.75, 3.05) is 12.3 Å². The zero-order valence-electron chi connectivity index (χ0n) is 9.12. The molecule has 90 valence electrons. The molecule has 1 aliphatic rings. The number of hydrogen-bond donors (Lipinski definition) is 1. The van der Waals surface area contributed by atoms with Crippen molar-refractivity contribution in [1.82, 2.24) is 14.5 Å². The third-order valence-corrected chi connectivity index (χ3v) is 5.76. The van der Waals surface area contributed by atoms with Crippen molar-refractivity contribution in [3.63, 3.8) is 0 Å². The zero-order chi connectivity index (χ0) is 11.9. The predicted octanol–water partition coefficient (Wildman–Crippen LogP) is 0.539. The Kier molecular flexibility index (Phi) is 2.89.